The third-order valence-electron chi connectivity index (χ3n) is 3.79. The van der Waals surface area contributed by atoms with Crippen LogP contribution >= 0.6 is 15.9 Å². The van der Waals surface area contributed by atoms with Crippen LogP contribution in [0.15, 0.2) is 16.6 Å². The topological polar surface area (TPSA) is 37.3 Å². The first kappa shape index (κ1) is 13.6. The molecular formula is C15H19BrO2. The third-order valence-corrected chi connectivity index (χ3v) is 4.49. The van der Waals surface area contributed by atoms with E-state index in [9.17, 15) is 4.79 Å². The molecule has 0 fully saturated rings. The van der Waals surface area contributed by atoms with Gasteiger partial charge in [-0.3, -0.25) is 4.79 Å². The average molecular weight is 311 g/mol. The van der Waals surface area contributed by atoms with Gasteiger partial charge in [0.15, 0.2) is 0 Å². The van der Waals surface area contributed by atoms with Crippen molar-refractivity contribution in [3.05, 3.63) is 33.3 Å². The minimum absolute atomic E-state index is 0.165. The number of halogens is 1. The van der Waals surface area contributed by atoms with E-state index in [0.717, 1.165) is 22.9 Å². The minimum atomic E-state index is -0.742. The Bertz CT molecular complexity index is 478. The second-order valence-electron chi connectivity index (χ2n) is 5.76. The van der Waals surface area contributed by atoms with E-state index in [4.69, 9.17) is 5.11 Å². The van der Waals surface area contributed by atoms with E-state index in [1.807, 2.05) is 13.8 Å². The number of carboxylic acids is 1. The summed E-state index contributed by atoms with van der Waals surface area (Å²) in [5.74, 6) is -0.742. The molecule has 3 heteroatoms. The quantitative estimate of drug-likeness (QED) is 0.913. The van der Waals surface area contributed by atoms with E-state index in [1.54, 1.807) is 0 Å². The van der Waals surface area contributed by atoms with Gasteiger partial charge in [0.1, 0.15) is 0 Å². The van der Waals surface area contributed by atoms with Crippen LogP contribution in [0.2, 0.25) is 0 Å². The largest absolute Gasteiger partial charge is 0.481 e. The molecule has 0 unspecified atom stereocenters. The number of fused-ring (bicyclic) bond motifs is 1. The van der Waals surface area contributed by atoms with Gasteiger partial charge in [-0.05, 0) is 48.4 Å². The summed E-state index contributed by atoms with van der Waals surface area (Å²) in [5.41, 5.74) is 3.61. The molecule has 2 nitrogen and oxygen atoms in total. The molecule has 1 aliphatic carbocycles. The van der Waals surface area contributed by atoms with Crippen molar-refractivity contribution in [3.63, 3.8) is 0 Å². The Balaban J connectivity index is 2.40. The fourth-order valence-corrected chi connectivity index (χ4v) is 3.38. The zero-order chi connectivity index (χ0) is 13.3. The summed E-state index contributed by atoms with van der Waals surface area (Å²) in [6, 6.07) is 4.31. The predicted octanol–water partition coefficient (Wildman–Crippen LogP) is 4.08. The van der Waals surface area contributed by atoms with Gasteiger partial charge in [-0.2, -0.15) is 0 Å². The molecule has 1 aromatic rings. The number of rotatable bonds is 3. The SMILES string of the molecule is CC(C)(CC(=O)O)c1cc(Br)c2c(c1)CCCC2. The molecule has 0 bridgehead atoms. The Morgan fingerprint density at radius 3 is 2.67 bits per heavy atom. The van der Waals surface area contributed by atoms with Crippen LogP contribution in [0.1, 0.15) is 49.8 Å². The van der Waals surface area contributed by atoms with Gasteiger partial charge in [0.05, 0.1) is 6.42 Å². The van der Waals surface area contributed by atoms with E-state index in [-0.39, 0.29) is 11.8 Å². The van der Waals surface area contributed by atoms with Crippen molar-refractivity contribution in [1.82, 2.24) is 0 Å². The molecule has 0 radical (unpaired) electrons. The van der Waals surface area contributed by atoms with Crippen LogP contribution in [0.5, 0.6) is 0 Å². The molecule has 98 valence electrons. The summed E-state index contributed by atoms with van der Waals surface area (Å²) >= 11 is 3.64. The lowest BCUT2D eigenvalue weighted by Crippen LogP contribution is -2.22. The summed E-state index contributed by atoms with van der Waals surface area (Å²) in [6.07, 6.45) is 4.91. The first-order valence-corrected chi connectivity index (χ1v) is 7.23. The highest BCUT2D eigenvalue weighted by Gasteiger charge is 2.26. The fraction of sp³-hybridized carbons (Fsp3) is 0.533. The maximum Gasteiger partial charge on any atom is 0.304 e. The molecule has 1 aliphatic rings. The number of aliphatic carboxylic acids is 1. The van der Waals surface area contributed by atoms with E-state index in [1.165, 1.54) is 24.0 Å². The Hall–Kier alpha value is -0.830. The van der Waals surface area contributed by atoms with Gasteiger partial charge in [-0.15, -0.1) is 0 Å². The van der Waals surface area contributed by atoms with Crippen LogP contribution in [-0.2, 0) is 23.1 Å². The van der Waals surface area contributed by atoms with Crippen molar-refractivity contribution in [2.24, 2.45) is 0 Å². The van der Waals surface area contributed by atoms with E-state index in [2.05, 4.69) is 28.1 Å². The highest BCUT2D eigenvalue weighted by Crippen LogP contribution is 2.35. The summed E-state index contributed by atoms with van der Waals surface area (Å²) in [4.78, 5) is 11.0. The molecule has 0 saturated heterocycles. The maximum absolute atomic E-state index is 11.0. The zero-order valence-corrected chi connectivity index (χ0v) is 12.5. The normalized spacial score (nSPS) is 15.3. The maximum atomic E-state index is 11.0. The summed E-state index contributed by atoms with van der Waals surface area (Å²) in [7, 11) is 0. The third kappa shape index (κ3) is 2.77. The molecule has 0 spiro atoms. The Kier molecular flexibility index (Phi) is 3.81. The van der Waals surface area contributed by atoms with Crippen molar-refractivity contribution >= 4 is 21.9 Å². The van der Waals surface area contributed by atoms with Crippen molar-refractivity contribution in [2.75, 3.05) is 0 Å². The van der Waals surface area contributed by atoms with Crippen molar-refractivity contribution in [1.29, 1.82) is 0 Å². The molecule has 0 saturated carbocycles. The van der Waals surface area contributed by atoms with Gasteiger partial charge in [-0.25, -0.2) is 0 Å². The second kappa shape index (κ2) is 5.04. The fourth-order valence-electron chi connectivity index (χ4n) is 2.68. The van der Waals surface area contributed by atoms with Gasteiger partial charge in [-0.1, -0.05) is 35.8 Å². The number of aryl methyl sites for hydroxylation is 1. The monoisotopic (exact) mass is 310 g/mol. The number of hydrogen-bond acceptors (Lipinski definition) is 1. The predicted molar refractivity (Wildman–Crippen MR) is 76.1 cm³/mol. The molecule has 18 heavy (non-hydrogen) atoms. The molecule has 0 aliphatic heterocycles. The van der Waals surface area contributed by atoms with E-state index < -0.39 is 5.97 Å². The van der Waals surface area contributed by atoms with Gasteiger partial charge >= 0.3 is 5.97 Å². The lowest BCUT2D eigenvalue weighted by atomic mass is 9.79. The van der Waals surface area contributed by atoms with Crippen LogP contribution in [-0.4, -0.2) is 11.1 Å². The summed E-state index contributed by atoms with van der Waals surface area (Å²) in [5, 5.41) is 9.01. The highest BCUT2D eigenvalue weighted by molar-refractivity contribution is 9.10. The highest BCUT2D eigenvalue weighted by atomic mass is 79.9. The van der Waals surface area contributed by atoms with Gasteiger partial charge in [0, 0.05) is 9.89 Å². The van der Waals surface area contributed by atoms with Crippen molar-refractivity contribution in [2.45, 2.75) is 51.4 Å². The Morgan fingerprint density at radius 1 is 1.33 bits per heavy atom. The number of hydrogen-bond donors (Lipinski definition) is 1. The number of benzene rings is 1. The van der Waals surface area contributed by atoms with Gasteiger partial charge < -0.3 is 5.11 Å². The van der Waals surface area contributed by atoms with Gasteiger partial charge in [0.25, 0.3) is 0 Å². The molecule has 0 heterocycles. The molecule has 1 N–H and O–H groups in total. The minimum Gasteiger partial charge on any atom is -0.481 e. The first-order chi connectivity index (χ1) is 8.40. The van der Waals surface area contributed by atoms with Crippen LogP contribution in [0.4, 0.5) is 0 Å². The molecule has 0 amide bonds. The van der Waals surface area contributed by atoms with E-state index in [0.29, 0.717) is 0 Å². The summed E-state index contributed by atoms with van der Waals surface area (Å²) in [6.45, 7) is 4.00. The van der Waals surface area contributed by atoms with Crippen molar-refractivity contribution in [3.8, 4) is 0 Å². The molecular weight excluding hydrogens is 292 g/mol. The lowest BCUT2D eigenvalue weighted by molar-refractivity contribution is -0.138. The second-order valence-corrected chi connectivity index (χ2v) is 6.61. The number of carboxylic acid groups (broad SMARTS) is 1. The molecule has 1 aromatic carbocycles. The summed E-state index contributed by atoms with van der Waals surface area (Å²) < 4.78 is 1.15. The van der Waals surface area contributed by atoms with Crippen LogP contribution < -0.4 is 0 Å². The van der Waals surface area contributed by atoms with E-state index >= 15 is 0 Å². The molecule has 0 aromatic heterocycles. The van der Waals surface area contributed by atoms with Crippen LogP contribution in [0.3, 0.4) is 0 Å². The Labute approximate surface area is 117 Å². The molecule has 2 rings (SSSR count). The standard InChI is InChI=1S/C15H19BrO2/c1-15(2,9-14(17)18)11-7-10-5-3-4-6-12(10)13(16)8-11/h7-8H,3-6,9H2,1-2H3,(H,17,18). The Morgan fingerprint density at radius 2 is 2.00 bits per heavy atom. The van der Waals surface area contributed by atoms with Crippen LogP contribution in [0, 0.1) is 0 Å². The van der Waals surface area contributed by atoms with Crippen molar-refractivity contribution < 1.29 is 9.90 Å². The zero-order valence-electron chi connectivity index (χ0n) is 10.9. The van der Waals surface area contributed by atoms with Gasteiger partial charge in [0.2, 0.25) is 0 Å². The molecule has 0 atom stereocenters. The smallest absolute Gasteiger partial charge is 0.304 e. The lowest BCUT2D eigenvalue weighted by Gasteiger charge is -2.27. The average Bonchev–Trinajstić information content (AvgIpc) is 2.27. The first-order valence-electron chi connectivity index (χ1n) is 6.44. The number of carbonyl (C=O) groups is 1. The van der Waals surface area contributed by atoms with Crippen LogP contribution in [0.25, 0.3) is 0 Å².